The third-order valence-electron chi connectivity index (χ3n) is 4.19. The molecule has 1 N–H and O–H groups in total. The Bertz CT molecular complexity index is 1120. The molecule has 0 aromatic heterocycles. The highest BCUT2D eigenvalue weighted by Gasteiger charge is 2.38. The van der Waals surface area contributed by atoms with Gasteiger partial charge in [0.15, 0.2) is 11.5 Å². The quantitative estimate of drug-likeness (QED) is 0.306. The van der Waals surface area contributed by atoms with E-state index in [2.05, 4.69) is 27.9 Å². The Morgan fingerprint density at radius 3 is 2.52 bits per heavy atom. The summed E-state index contributed by atoms with van der Waals surface area (Å²) in [6.45, 7) is 3.78. The molecule has 0 atom stereocenters. The van der Waals surface area contributed by atoms with E-state index in [1.807, 2.05) is 13.8 Å². The van der Waals surface area contributed by atoms with Crippen LogP contribution in [0.4, 0.5) is 10.5 Å². The van der Waals surface area contributed by atoms with Crippen molar-refractivity contribution in [2.24, 2.45) is 0 Å². The minimum absolute atomic E-state index is 0.0211. The highest BCUT2D eigenvalue weighted by Crippen LogP contribution is 2.37. The van der Waals surface area contributed by atoms with E-state index in [4.69, 9.17) is 32.7 Å². The number of hydrogen-bond donors (Lipinski definition) is 1. The first-order valence-electron chi connectivity index (χ1n) is 9.03. The lowest BCUT2D eigenvalue weighted by atomic mass is 10.1. The molecule has 7 nitrogen and oxygen atoms in total. The van der Waals surface area contributed by atoms with Gasteiger partial charge >= 0.3 is 6.03 Å². The second-order valence-corrected chi connectivity index (χ2v) is 8.68. The highest BCUT2D eigenvalue weighted by atomic mass is 127. The zero-order chi connectivity index (χ0) is 22.9. The molecular weight excluding hydrogens is 558 g/mol. The standard InChI is InChI=1S/C21H17Cl2IN2O5/c1-10(2)31-18-14(24)8-11(9-16(18)30-3)7-12-19(27)25-21(29)26(20(12)28)15-6-4-5-13(22)17(15)23/h4-10H,1-3H3,(H,25,27,29)/b12-7+. The van der Waals surface area contributed by atoms with Gasteiger partial charge in [0.05, 0.1) is 32.5 Å². The molecular formula is C21H17Cl2IN2O5. The fraction of sp³-hybridized carbons (Fsp3) is 0.190. The maximum absolute atomic E-state index is 13.1. The molecule has 0 unspecified atom stereocenters. The lowest BCUT2D eigenvalue weighted by Gasteiger charge is -2.27. The number of nitrogens with zero attached hydrogens (tertiary/aromatic N) is 1. The first-order chi connectivity index (χ1) is 14.6. The Hall–Kier alpha value is -2.30. The number of amides is 4. The summed E-state index contributed by atoms with van der Waals surface area (Å²) in [6.07, 6.45) is 1.30. The molecule has 0 bridgehead atoms. The summed E-state index contributed by atoms with van der Waals surface area (Å²) in [4.78, 5) is 38.7. The predicted octanol–water partition coefficient (Wildman–Crippen LogP) is 5.06. The van der Waals surface area contributed by atoms with Gasteiger partial charge in [0.25, 0.3) is 11.8 Å². The largest absolute Gasteiger partial charge is 0.493 e. The van der Waals surface area contributed by atoms with Gasteiger partial charge in [0.2, 0.25) is 0 Å². The van der Waals surface area contributed by atoms with E-state index in [-0.39, 0.29) is 27.4 Å². The summed E-state index contributed by atoms with van der Waals surface area (Å²) < 4.78 is 11.9. The maximum atomic E-state index is 13.1. The third kappa shape index (κ3) is 4.81. The summed E-state index contributed by atoms with van der Waals surface area (Å²) in [6, 6.07) is 7.00. The summed E-state index contributed by atoms with van der Waals surface area (Å²) in [5.74, 6) is -0.639. The molecule has 2 aromatic rings. The van der Waals surface area contributed by atoms with Crippen LogP contribution in [0, 0.1) is 3.57 Å². The lowest BCUT2D eigenvalue weighted by molar-refractivity contribution is -0.122. The number of anilines is 1. The first kappa shape index (κ1) is 23.4. The van der Waals surface area contributed by atoms with Crippen molar-refractivity contribution < 1.29 is 23.9 Å². The molecule has 3 rings (SSSR count). The van der Waals surface area contributed by atoms with Crippen LogP contribution < -0.4 is 19.7 Å². The second-order valence-electron chi connectivity index (χ2n) is 6.73. The van der Waals surface area contributed by atoms with Gasteiger partial charge in [-0.05, 0) is 72.3 Å². The summed E-state index contributed by atoms with van der Waals surface area (Å²) in [7, 11) is 1.50. The Kier molecular flexibility index (Phi) is 7.13. The molecule has 0 aliphatic carbocycles. The van der Waals surface area contributed by atoms with Crippen LogP contribution >= 0.6 is 45.8 Å². The van der Waals surface area contributed by atoms with Crippen molar-refractivity contribution in [3.63, 3.8) is 0 Å². The van der Waals surface area contributed by atoms with Crippen LogP contribution in [0.2, 0.25) is 10.0 Å². The number of benzene rings is 2. The van der Waals surface area contributed by atoms with Gasteiger partial charge in [-0.2, -0.15) is 0 Å². The molecule has 1 aliphatic heterocycles. The van der Waals surface area contributed by atoms with Crippen LogP contribution in [-0.2, 0) is 9.59 Å². The topological polar surface area (TPSA) is 84.9 Å². The molecule has 31 heavy (non-hydrogen) atoms. The predicted molar refractivity (Wildman–Crippen MR) is 127 cm³/mol. The number of carbonyl (C=O) groups is 3. The van der Waals surface area contributed by atoms with Gasteiger partial charge in [0, 0.05) is 0 Å². The molecule has 4 amide bonds. The number of barbiturate groups is 1. The highest BCUT2D eigenvalue weighted by molar-refractivity contribution is 14.1. The van der Waals surface area contributed by atoms with Crippen LogP contribution in [0.1, 0.15) is 19.4 Å². The van der Waals surface area contributed by atoms with Gasteiger partial charge in [-0.25, -0.2) is 9.69 Å². The SMILES string of the molecule is COc1cc(/C=C2\C(=O)NC(=O)N(c3cccc(Cl)c3Cl)C2=O)cc(I)c1OC(C)C. The number of methoxy groups -OCH3 is 1. The minimum Gasteiger partial charge on any atom is -0.493 e. The maximum Gasteiger partial charge on any atom is 0.336 e. The molecule has 0 spiro atoms. The van der Waals surface area contributed by atoms with E-state index in [0.29, 0.717) is 17.1 Å². The monoisotopic (exact) mass is 574 g/mol. The zero-order valence-corrected chi connectivity index (χ0v) is 20.3. The van der Waals surface area contributed by atoms with E-state index in [1.165, 1.54) is 25.3 Å². The molecule has 1 fully saturated rings. The van der Waals surface area contributed by atoms with Crippen LogP contribution in [0.25, 0.3) is 6.08 Å². The van der Waals surface area contributed by atoms with Gasteiger partial charge in [-0.3, -0.25) is 14.9 Å². The van der Waals surface area contributed by atoms with E-state index in [9.17, 15) is 14.4 Å². The van der Waals surface area contributed by atoms with Crippen molar-refractivity contribution in [2.75, 3.05) is 12.0 Å². The van der Waals surface area contributed by atoms with Gasteiger partial charge < -0.3 is 9.47 Å². The lowest BCUT2D eigenvalue weighted by Crippen LogP contribution is -2.54. The smallest absolute Gasteiger partial charge is 0.336 e. The van der Waals surface area contributed by atoms with Crippen LogP contribution in [0.15, 0.2) is 35.9 Å². The molecule has 1 heterocycles. The molecule has 1 saturated heterocycles. The van der Waals surface area contributed by atoms with Gasteiger partial charge in [0.1, 0.15) is 5.57 Å². The zero-order valence-electron chi connectivity index (χ0n) is 16.7. The Labute approximate surface area is 202 Å². The third-order valence-corrected chi connectivity index (χ3v) is 5.80. The van der Waals surface area contributed by atoms with Crippen molar-refractivity contribution in [2.45, 2.75) is 20.0 Å². The number of nitrogens with one attached hydrogen (secondary N) is 1. The van der Waals surface area contributed by atoms with Crippen LogP contribution in [0.5, 0.6) is 11.5 Å². The number of ether oxygens (including phenoxy) is 2. The number of carbonyl (C=O) groups excluding carboxylic acids is 3. The average Bonchev–Trinajstić information content (AvgIpc) is 2.69. The molecule has 10 heteroatoms. The Balaban J connectivity index is 2.06. The summed E-state index contributed by atoms with van der Waals surface area (Å²) >= 11 is 14.3. The summed E-state index contributed by atoms with van der Waals surface area (Å²) in [5.41, 5.74) is 0.344. The molecule has 1 aliphatic rings. The molecule has 0 radical (unpaired) electrons. The van der Waals surface area contributed by atoms with E-state index >= 15 is 0 Å². The first-order valence-corrected chi connectivity index (χ1v) is 10.9. The van der Waals surface area contributed by atoms with E-state index in [0.717, 1.165) is 8.47 Å². The molecule has 162 valence electrons. The molecule has 2 aromatic carbocycles. The minimum atomic E-state index is -0.913. The Morgan fingerprint density at radius 2 is 1.87 bits per heavy atom. The number of urea groups is 1. The number of halogens is 3. The van der Waals surface area contributed by atoms with Crippen molar-refractivity contribution in [3.8, 4) is 11.5 Å². The fourth-order valence-corrected chi connectivity index (χ4v) is 4.01. The number of imide groups is 2. The summed E-state index contributed by atoms with van der Waals surface area (Å²) in [5, 5.41) is 2.35. The fourth-order valence-electron chi connectivity index (χ4n) is 2.88. The van der Waals surface area contributed by atoms with Crippen LogP contribution in [-0.4, -0.2) is 31.1 Å². The normalized spacial score (nSPS) is 15.5. The van der Waals surface area contributed by atoms with Gasteiger partial charge in [-0.1, -0.05) is 29.3 Å². The molecule has 0 saturated carbocycles. The average molecular weight is 575 g/mol. The number of hydrogen-bond acceptors (Lipinski definition) is 5. The van der Waals surface area contributed by atoms with Crippen molar-refractivity contribution in [1.82, 2.24) is 5.32 Å². The van der Waals surface area contributed by atoms with E-state index < -0.39 is 17.8 Å². The van der Waals surface area contributed by atoms with E-state index in [1.54, 1.807) is 18.2 Å². The van der Waals surface area contributed by atoms with Crippen molar-refractivity contribution in [1.29, 1.82) is 0 Å². The number of rotatable bonds is 5. The van der Waals surface area contributed by atoms with Crippen molar-refractivity contribution >= 4 is 75.4 Å². The second kappa shape index (κ2) is 9.46. The van der Waals surface area contributed by atoms with Crippen LogP contribution in [0.3, 0.4) is 0 Å². The van der Waals surface area contributed by atoms with Crippen molar-refractivity contribution in [3.05, 3.63) is 55.1 Å². The Morgan fingerprint density at radius 1 is 1.16 bits per heavy atom. The van der Waals surface area contributed by atoms with Gasteiger partial charge in [-0.15, -0.1) is 0 Å².